The summed E-state index contributed by atoms with van der Waals surface area (Å²) in [5.74, 6) is -3.96. The lowest BCUT2D eigenvalue weighted by Gasteiger charge is -2.49. The zero-order valence-electron chi connectivity index (χ0n) is 20.6. The second-order valence-electron chi connectivity index (χ2n) is 10.1. The number of aryl methyl sites for hydroxylation is 1. The summed E-state index contributed by atoms with van der Waals surface area (Å²) in [5, 5.41) is 30.5. The lowest BCUT2D eigenvalue weighted by atomic mass is 9.84. The smallest absolute Gasteiger partial charge is 0.252 e. The number of carbonyl (C=O) groups excluding carboxylic acids is 3. The lowest BCUT2D eigenvalue weighted by Crippen LogP contribution is -2.78. The van der Waals surface area contributed by atoms with Gasteiger partial charge in [-0.3, -0.25) is 19.3 Å². The molecule has 3 unspecified atom stereocenters. The first-order valence-electron chi connectivity index (χ1n) is 12.3. The van der Waals surface area contributed by atoms with E-state index in [0.717, 1.165) is 21.2 Å². The number of imide groups is 1. The maximum Gasteiger partial charge on any atom is 0.252 e. The fraction of sp³-hybridized carbons (Fsp3) is 0.400. The number of amides is 3. The molecule has 2 saturated heterocycles. The first-order chi connectivity index (χ1) is 18.0. The van der Waals surface area contributed by atoms with Crippen molar-refractivity contribution in [3.8, 4) is 0 Å². The van der Waals surface area contributed by atoms with Gasteiger partial charge >= 0.3 is 0 Å². The molecule has 4 atom stereocenters. The van der Waals surface area contributed by atoms with Crippen LogP contribution in [0, 0.1) is 6.92 Å². The molecule has 4 aliphatic rings. The molecule has 0 aromatic heterocycles. The molecule has 1 spiro atoms. The van der Waals surface area contributed by atoms with E-state index in [1.54, 1.807) is 12.1 Å². The molecule has 4 aliphatic heterocycles. The summed E-state index contributed by atoms with van der Waals surface area (Å²) >= 11 is 0. The molecule has 38 heavy (non-hydrogen) atoms. The fourth-order valence-corrected chi connectivity index (χ4v) is 6.20. The molecule has 3 amide bonds. The maximum atomic E-state index is 13.5. The monoisotopic (exact) mass is 520 g/mol. The highest BCUT2D eigenvalue weighted by atomic mass is 16.5. The number of benzene rings is 2. The predicted molar refractivity (Wildman–Crippen MR) is 136 cm³/mol. The minimum Gasteiger partial charge on any atom is -0.370 e. The van der Waals surface area contributed by atoms with Crippen molar-refractivity contribution in [1.29, 1.82) is 0 Å². The van der Waals surface area contributed by atoms with Crippen LogP contribution in [0.2, 0.25) is 0 Å². The Morgan fingerprint density at radius 1 is 1.13 bits per heavy atom. The van der Waals surface area contributed by atoms with Crippen molar-refractivity contribution >= 4 is 40.4 Å². The van der Waals surface area contributed by atoms with Gasteiger partial charge in [-0.15, -0.1) is 0 Å². The largest absolute Gasteiger partial charge is 0.370 e. The van der Waals surface area contributed by atoms with Gasteiger partial charge in [0.05, 0.1) is 12.6 Å². The first-order valence-corrected chi connectivity index (χ1v) is 12.3. The molecule has 0 aliphatic carbocycles. The van der Waals surface area contributed by atoms with E-state index in [1.807, 2.05) is 31.2 Å². The highest BCUT2D eigenvalue weighted by molar-refractivity contribution is 6.08. The third-order valence-corrected chi connectivity index (χ3v) is 7.99. The third kappa shape index (κ3) is 3.21. The van der Waals surface area contributed by atoms with Gasteiger partial charge in [0, 0.05) is 24.9 Å². The number of guanidine groups is 2. The summed E-state index contributed by atoms with van der Waals surface area (Å²) in [5.41, 5.74) is 11.8. The number of hydrogen-bond acceptors (Lipinski definition) is 11. The van der Waals surface area contributed by atoms with Crippen LogP contribution in [0.15, 0.2) is 46.4 Å². The highest BCUT2D eigenvalue weighted by Crippen LogP contribution is 2.45. The summed E-state index contributed by atoms with van der Waals surface area (Å²) < 4.78 is 0. The number of likely N-dealkylation sites (tertiary alicyclic amines) is 1. The fourth-order valence-electron chi connectivity index (χ4n) is 6.20. The molecule has 4 heterocycles. The number of nitrogens with one attached hydrogen (secondary N) is 2. The Morgan fingerprint density at radius 2 is 1.82 bits per heavy atom. The van der Waals surface area contributed by atoms with Crippen LogP contribution in [-0.4, -0.2) is 92.3 Å². The van der Waals surface area contributed by atoms with E-state index in [4.69, 9.17) is 11.5 Å². The molecular formula is C25H28N8O5. The summed E-state index contributed by atoms with van der Waals surface area (Å²) in [6.45, 7) is 1.65. The average Bonchev–Trinajstić information content (AvgIpc) is 3.47. The molecule has 8 N–H and O–H groups in total. The summed E-state index contributed by atoms with van der Waals surface area (Å²) in [4.78, 5) is 49.4. The van der Waals surface area contributed by atoms with E-state index in [-0.39, 0.29) is 49.7 Å². The predicted octanol–water partition coefficient (Wildman–Crippen LogP) is -1.93. The first kappa shape index (κ1) is 24.1. The normalized spacial score (nSPS) is 29.6. The Balaban J connectivity index is 1.34. The number of aliphatic hydroxyl groups is 2. The van der Waals surface area contributed by atoms with Gasteiger partial charge in [-0.1, -0.05) is 30.3 Å². The third-order valence-electron chi connectivity index (χ3n) is 7.99. The second-order valence-corrected chi connectivity index (χ2v) is 10.1. The molecule has 0 radical (unpaired) electrons. The number of nitrogens with zero attached hydrogens (tertiary/aromatic N) is 4. The molecule has 2 aromatic carbocycles. The van der Waals surface area contributed by atoms with Gasteiger partial charge in [0.25, 0.3) is 5.91 Å². The summed E-state index contributed by atoms with van der Waals surface area (Å²) in [6.07, 6.45) is 0.198. The highest BCUT2D eigenvalue weighted by Gasteiger charge is 2.73. The Labute approximate surface area is 217 Å². The molecule has 13 heteroatoms. The number of nitrogens with two attached hydrogens (primary N) is 2. The standard InChI is InChI=1S/C25H28N8O5/c1-12-4-2-5-13-6-3-7-14(19(12)13)21(36)29-16-11-33-23(27)28-15(10-32-17(34)8-9-18(32)35)20-24(33,25(16,37)38)31-22(26)30-20/h2-7,15-16,20,37-38H,8-11H2,1H3,(H2,27,28)(H,29,36)(H3,26,30,31)/t15-,16?,20?,24?/m0/s1. The van der Waals surface area contributed by atoms with Gasteiger partial charge < -0.3 is 37.2 Å². The quantitative estimate of drug-likeness (QED) is 0.196. The second kappa shape index (κ2) is 8.13. The van der Waals surface area contributed by atoms with Crippen LogP contribution in [0.25, 0.3) is 10.8 Å². The Morgan fingerprint density at radius 3 is 2.53 bits per heavy atom. The Kier molecular flexibility index (Phi) is 5.16. The zero-order chi connectivity index (χ0) is 27.0. The van der Waals surface area contributed by atoms with Gasteiger partial charge in [0.2, 0.25) is 17.6 Å². The van der Waals surface area contributed by atoms with Crippen molar-refractivity contribution in [2.75, 3.05) is 13.1 Å². The SMILES string of the molecule is Cc1cccc2cccc(C(=O)NC3CN4C(N)=N[C@@H](CN5C(=O)CCC5=O)C5N=C(N)NC54C3(O)O)c12. The van der Waals surface area contributed by atoms with Crippen molar-refractivity contribution in [2.24, 2.45) is 21.5 Å². The minimum atomic E-state index is -2.63. The van der Waals surface area contributed by atoms with E-state index < -0.39 is 35.5 Å². The molecule has 2 fully saturated rings. The van der Waals surface area contributed by atoms with Crippen LogP contribution >= 0.6 is 0 Å². The topological polar surface area (TPSA) is 199 Å². The zero-order valence-corrected chi connectivity index (χ0v) is 20.6. The molecule has 6 rings (SSSR count). The molecule has 0 saturated carbocycles. The van der Waals surface area contributed by atoms with Gasteiger partial charge in [0.15, 0.2) is 17.6 Å². The van der Waals surface area contributed by atoms with E-state index in [1.165, 1.54) is 4.90 Å². The van der Waals surface area contributed by atoms with Gasteiger partial charge in [-0.05, 0) is 29.3 Å². The molecule has 0 bridgehead atoms. The Hall–Kier alpha value is -4.23. The van der Waals surface area contributed by atoms with Crippen molar-refractivity contribution in [3.63, 3.8) is 0 Å². The van der Waals surface area contributed by atoms with Crippen LogP contribution in [0.4, 0.5) is 0 Å². The Bertz CT molecular complexity index is 1430. The summed E-state index contributed by atoms with van der Waals surface area (Å²) in [6, 6.07) is 7.90. The van der Waals surface area contributed by atoms with E-state index in [9.17, 15) is 24.6 Å². The molecule has 198 valence electrons. The molecule has 2 aromatic rings. The number of hydrogen-bond donors (Lipinski definition) is 6. The van der Waals surface area contributed by atoms with Crippen molar-refractivity contribution in [1.82, 2.24) is 20.4 Å². The van der Waals surface area contributed by atoms with Gasteiger partial charge in [-0.2, -0.15) is 0 Å². The van der Waals surface area contributed by atoms with E-state index in [0.29, 0.717) is 5.56 Å². The molecular weight excluding hydrogens is 492 g/mol. The minimum absolute atomic E-state index is 0.0621. The van der Waals surface area contributed by atoms with E-state index >= 15 is 0 Å². The maximum absolute atomic E-state index is 13.5. The number of carbonyl (C=O) groups is 3. The van der Waals surface area contributed by atoms with Gasteiger partial charge in [-0.25, -0.2) is 9.98 Å². The molecule has 13 nitrogen and oxygen atoms in total. The lowest BCUT2D eigenvalue weighted by molar-refractivity contribution is -0.230. The average molecular weight is 521 g/mol. The van der Waals surface area contributed by atoms with Gasteiger partial charge in [0.1, 0.15) is 12.1 Å². The van der Waals surface area contributed by atoms with Crippen molar-refractivity contribution < 1.29 is 24.6 Å². The number of aliphatic imine (C=N–C) groups is 2. The van der Waals surface area contributed by atoms with Crippen molar-refractivity contribution in [3.05, 3.63) is 47.5 Å². The number of fused-ring (bicyclic) bond motifs is 1. The van der Waals surface area contributed by atoms with Crippen LogP contribution in [0.5, 0.6) is 0 Å². The van der Waals surface area contributed by atoms with Crippen molar-refractivity contribution in [2.45, 2.75) is 49.3 Å². The van der Waals surface area contributed by atoms with Crippen LogP contribution < -0.4 is 22.1 Å². The van der Waals surface area contributed by atoms with Crippen LogP contribution in [0.3, 0.4) is 0 Å². The number of rotatable bonds is 4. The van der Waals surface area contributed by atoms with E-state index in [2.05, 4.69) is 20.6 Å². The summed E-state index contributed by atoms with van der Waals surface area (Å²) in [7, 11) is 0. The van der Waals surface area contributed by atoms with Crippen LogP contribution in [-0.2, 0) is 9.59 Å². The van der Waals surface area contributed by atoms with Crippen LogP contribution in [0.1, 0.15) is 28.8 Å².